The van der Waals surface area contributed by atoms with E-state index >= 15 is 0 Å². The molecule has 0 atom stereocenters. The summed E-state index contributed by atoms with van der Waals surface area (Å²) < 4.78 is 6.80. The first kappa shape index (κ1) is 22.4. The van der Waals surface area contributed by atoms with Crippen molar-refractivity contribution in [2.24, 2.45) is 0 Å². The molecule has 3 aromatic rings. The number of nitriles is 1. The van der Waals surface area contributed by atoms with E-state index in [1.54, 1.807) is 24.3 Å². The largest absolute Gasteiger partial charge is 0.508 e. The second-order valence-electron chi connectivity index (χ2n) is 7.33. The van der Waals surface area contributed by atoms with Crippen LogP contribution in [0.1, 0.15) is 32.9 Å². The zero-order valence-electron chi connectivity index (χ0n) is 18.3. The van der Waals surface area contributed by atoms with E-state index in [4.69, 9.17) is 4.74 Å². The van der Waals surface area contributed by atoms with Crippen molar-refractivity contribution in [3.8, 4) is 17.5 Å². The van der Waals surface area contributed by atoms with Gasteiger partial charge in [-0.3, -0.25) is 4.79 Å². The molecule has 0 aliphatic carbocycles. The minimum Gasteiger partial charge on any atom is -0.508 e. The fraction of sp³-hybridized carbons (Fsp3) is 0.160. The van der Waals surface area contributed by atoms with Gasteiger partial charge in [0.25, 0.3) is 5.91 Å². The molecule has 1 heterocycles. The number of phenolic OH excluding ortho intramolecular Hbond substituents is 1. The monoisotopic (exact) mass is 429 g/mol. The Labute approximate surface area is 186 Å². The second-order valence-corrected chi connectivity index (χ2v) is 7.33. The van der Waals surface area contributed by atoms with Crippen LogP contribution < -0.4 is 5.32 Å². The summed E-state index contributed by atoms with van der Waals surface area (Å²) in [5.41, 5.74) is 5.03. The minimum atomic E-state index is -0.549. The quantitative estimate of drug-likeness (QED) is 0.270. The van der Waals surface area contributed by atoms with Gasteiger partial charge in [-0.05, 0) is 80.4 Å². The number of rotatable bonds is 5. The molecule has 3 rings (SSSR count). The molecule has 1 amide bonds. The number of amides is 1. The lowest BCUT2D eigenvalue weighted by molar-refractivity contribution is -0.112. The van der Waals surface area contributed by atoms with Gasteiger partial charge in [-0.15, -0.1) is 0 Å². The summed E-state index contributed by atoms with van der Waals surface area (Å²) in [4.78, 5) is 24.6. The molecule has 162 valence electrons. The number of methoxy groups -OCH3 is 1. The number of ether oxygens (including phenoxy) is 1. The molecule has 0 aliphatic heterocycles. The van der Waals surface area contributed by atoms with Crippen molar-refractivity contribution >= 4 is 23.6 Å². The van der Waals surface area contributed by atoms with Crippen LogP contribution in [-0.4, -0.2) is 28.7 Å². The molecule has 0 fully saturated rings. The van der Waals surface area contributed by atoms with Crippen LogP contribution in [0, 0.1) is 32.1 Å². The van der Waals surface area contributed by atoms with E-state index in [9.17, 15) is 20.0 Å². The number of nitrogens with one attached hydrogen (secondary N) is 1. The van der Waals surface area contributed by atoms with Crippen molar-refractivity contribution in [3.05, 3.63) is 82.2 Å². The Morgan fingerprint density at radius 3 is 2.41 bits per heavy atom. The number of anilines is 1. The maximum atomic E-state index is 12.6. The first-order chi connectivity index (χ1) is 15.2. The fourth-order valence-corrected chi connectivity index (χ4v) is 3.45. The molecule has 0 spiro atoms. The summed E-state index contributed by atoms with van der Waals surface area (Å²) in [7, 11) is 1.34. The molecule has 32 heavy (non-hydrogen) atoms. The molecule has 2 aromatic carbocycles. The Bertz CT molecular complexity index is 1260. The summed E-state index contributed by atoms with van der Waals surface area (Å²) in [6.45, 7) is 5.74. The molecule has 0 unspecified atom stereocenters. The third-order valence-corrected chi connectivity index (χ3v) is 5.13. The Morgan fingerprint density at radius 2 is 1.78 bits per heavy atom. The third-order valence-electron chi connectivity index (χ3n) is 5.13. The van der Waals surface area contributed by atoms with Crippen LogP contribution in [0.25, 0.3) is 11.8 Å². The predicted octanol–water partition coefficient (Wildman–Crippen LogP) is 4.44. The fourth-order valence-electron chi connectivity index (χ4n) is 3.45. The molecule has 0 saturated carbocycles. The van der Waals surface area contributed by atoms with E-state index in [2.05, 4.69) is 5.32 Å². The number of esters is 1. The molecule has 0 aliphatic rings. The molecule has 2 N–H and O–H groups in total. The van der Waals surface area contributed by atoms with Gasteiger partial charge in [-0.2, -0.15) is 5.26 Å². The van der Waals surface area contributed by atoms with E-state index in [1.165, 1.54) is 25.3 Å². The number of aromatic hydroxyl groups is 1. The molecule has 0 radical (unpaired) electrons. The Balaban J connectivity index is 1.98. The lowest BCUT2D eigenvalue weighted by Gasteiger charge is -2.14. The number of aromatic nitrogens is 1. The van der Waals surface area contributed by atoms with Crippen molar-refractivity contribution < 1.29 is 19.4 Å². The maximum Gasteiger partial charge on any atom is 0.337 e. The molecule has 7 nitrogen and oxygen atoms in total. The molecular formula is C25H23N3O4. The van der Waals surface area contributed by atoms with Gasteiger partial charge in [0, 0.05) is 22.8 Å². The highest BCUT2D eigenvalue weighted by molar-refractivity contribution is 6.09. The van der Waals surface area contributed by atoms with Crippen LogP contribution in [0.5, 0.6) is 5.75 Å². The van der Waals surface area contributed by atoms with E-state index in [1.807, 2.05) is 43.5 Å². The Morgan fingerprint density at radius 1 is 1.09 bits per heavy atom. The van der Waals surface area contributed by atoms with Crippen LogP contribution in [0.4, 0.5) is 5.69 Å². The van der Waals surface area contributed by atoms with Crippen molar-refractivity contribution in [2.75, 3.05) is 12.4 Å². The number of aryl methyl sites for hydroxylation is 2. The van der Waals surface area contributed by atoms with E-state index in [0.717, 1.165) is 22.6 Å². The smallest absolute Gasteiger partial charge is 0.337 e. The summed E-state index contributed by atoms with van der Waals surface area (Å²) >= 11 is 0. The van der Waals surface area contributed by atoms with Crippen molar-refractivity contribution in [3.63, 3.8) is 0 Å². The maximum absolute atomic E-state index is 12.6. The highest BCUT2D eigenvalue weighted by atomic mass is 16.5. The summed E-state index contributed by atoms with van der Waals surface area (Å²) in [5.74, 6) is -0.892. The average molecular weight is 429 g/mol. The zero-order chi connectivity index (χ0) is 23.4. The van der Waals surface area contributed by atoms with Crippen LogP contribution >= 0.6 is 0 Å². The van der Waals surface area contributed by atoms with Gasteiger partial charge in [-0.25, -0.2) is 4.79 Å². The van der Waals surface area contributed by atoms with Crippen molar-refractivity contribution in [1.82, 2.24) is 4.57 Å². The Kier molecular flexibility index (Phi) is 6.45. The lowest BCUT2D eigenvalue weighted by atomic mass is 10.1. The second kappa shape index (κ2) is 9.23. The highest BCUT2D eigenvalue weighted by Gasteiger charge is 2.16. The number of carbonyl (C=O) groups is 2. The molecule has 0 bridgehead atoms. The van der Waals surface area contributed by atoms with Gasteiger partial charge >= 0.3 is 5.97 Å². The van der Waals surface area contributed by atoms with Crippen LogP contribution in [-0.2, 0) is 9.53 Å². The molecule has 0 saturated heterocycles. The molecule has 7 heteroatoms. The van der Waals surface area contributed by atoms with E-state index < -0.39 is 11.9 Å². The highest BCUT2D eigenvalue weighted by Crippen LogP contribution is 2.26. The van der Waals surface area contributed by atoms with E-state index in [0.29, 0.717) is 16.8 Å². The van der Waals surface area contributed by atoms with Gasteiger partial charge in [0.05, 0.1) is 12.7 Å². The zero-order valence-corrected chi connectivity index (χ0v) is 18.3. The lowest BCUT2D eigenvalue weighted by Crippen LogP contribution is -2.13. The van der Waals surface area contributed by atoms with Crippen LogP contribution in [0.15, 0.2) is 54.1 Å². The van der Waals surface area contributed by atoms with Crippen LogP contribution in [0.3, 0.4) is 0 Å². The number of benzene rings is 2. The topological polar surface area (TPSA) is 104 Å². The average Bonchev–Trinajstić information content (AvgIpc) is 3.06. The SMILES string of the molecule is COC(=O)c1ccc(C)c(-n2c(C)cc(/C=C(/C#N)C(=O)Nc3ccc(O)cc3)c2C)c1. The van der Waals surface area contributed by atoms with Crippen molar-refractivity contribution in [2.45, 2.75) is 20.8 Å². The number of hydrogen-bond donors (Lipinski definition) is 2. The van der Waals surface area contributed by atoms with Gasteiger partial charge in [0.2, 0.25) is 0 Å². The van der Waals surface area contributed by atoms with Gasteiger partial charge < -0.3 is 19.7 Å². The van der Waals surface area contributed by atoms with Gasteiger partial charge in [-0.1, -0.05) is 6.07 Å². The third kappa shape index (κ3) is 4.55. The van der Waals surface area contributed by atoms with Gasteiger partial charge in [0.1, 0.15) is 17.4 Å². The number of nitrogens with zero attached hydrogens (tertiary/aromatic N) is 2. The number of hydrogen-bond acceptors (Lipinski definition) is 5. The normalized spacial score (nSPS) is 11.0. The Hall–Kier alpha value is -4.31. The predicted molar refractivity (Wildman–Crippen MR) is 122 cm³/mol. The van der Waals surface area contributed by atoms with Crippen LogP contribution in [0.2, 0.25) is 0 Å². The van der Waals surface area contributed by atoms with E-state index in [-0.39, 0.29) is 11.3 Å². The molecular weight excluding hydrogens is 406 g/mol. The minimum absolute atomic E-state index is 0.0571. The summed E-state index contributed by atoms with van der Waals surface area (Å²) in [6, 6.07) is 15.1. The van der Waals surface area contributed by atoms with Crippen molar-refractivity contribution in [1.29, 1.82) is 5.26 Å². The standard InChI is InChI=1S/C25H23N3O4/c1-15-5-6-18(25(31)32-4)13-23(15)28-16(2)11-19(17(28)3)12-20(14-26)24(30)27-21-7-9-22(29)10-8-21/h5-13,29H,1-4H3,(H,27,30)/b20-12-. The molecule has 1 aromatic heterocycles. The summed E-state index contributed by atoms with van der Waals surface area (Å²) in [5, 5.41) is 21.6. The number of phenols is 1. The van der Waals surface area contributed by atoms with Gasteiger partial charge in [0.15, 0.2) is 0 Å². The summed E-state index contributed by atoms with van der Waals surface area (Å²) in [6.07, 6.45) is 1.54. The number of carbonyl (C=O) groups excluding carboxylic acids is 2. The first-order valence-electron chi connectivity index (χ1n) is 9.85. The first-order valence-corrected chi connectivity index (χ1v) is 9.85.